The van der Waals surface area contributed by atoms with Gasteiger partial charge in [0.1, 0.15) is 0 Å². The molecule has 19 heavy (non-hydrogen) atoms. The Hall–Kier alpha value is 0.110. The highest BCUT2D eigenvalue weighted by Crippen LogP contribution is 2.28. The molecule has 0 radical (unpaired) electrons. The Morgan fingerprint density at radius 3 is 2.63 bits per heavy atom. The van der Waals surface area contributed by atoms with E-state index < -0.39 is 0 Å². The molecule has 106 valence electrons. The molecule has 1 unspecified atom stereocenters. The van der Waals surface area contributed by atoms with Crippen molar-refractivity contribution < 1.29 is 0 Å². The maximum Gasteiger partial charge on any atom is 0.0595 e. The van der Waals surface area contributed by atoms with E-state index in [1.54, 1.807) is 0 Å². The maximum atomic E-state index is 6.08. The highest BCUT2D eigenvalue weighted by molar-refractivity contribution is 7.99. The zero-order valence-electron chi connectivity index (χ0n) is 11.3. The fraction of sp³-hybridized carbons (Fsp3) is 0.600. The van der Waals surface area contributed by atoms with Gasteiger partial charge < -0.3 is 5.32 Å². The Morgan fingerprint density at radius 1 is 1.26 bits per heavy atom. The first-order valence-electron chi connectivity index (χ1n) is 6.88. The second-order valence-corrected chi connectivity index (χ2v) is 7.27. The average Bonchev–Trinajstić information content (AvgIpc) is 2.43. The summed E-state index contributed by atoms with van der Waals surface area (Å²) in [5, 5.41) is 4.74. The highest BCUT2D eigenvalue weighted by atomic mass is 35.5. The molecule has 1 aromatic rings. The molecule has 4 heteroatoms. The van der Waals surface area contributed by atoms with E-state index in [9.17, 15) is 0 Å². The molecule has 1 fully saturated rings. The van der Waals surface area contributed by atoms with Crippen molar-refractivity contribution in [1.29, 1.82) is 0 Å². The minimum Gasteiger partial charge on any atom is -0.317 e. The summed E-state index contributed by atoms with van der Waals surface area (Å²) in [6.45, 7) is 0. The van der Waals surface area contributed by atoms with Gasteiger partial charge in [0, 0.05) is 6.04 Å². The summed E-state index contributed by atoms with van der Waals surface area (Å²) in [7, 11) is 2.06. The van der Waals surface area contributed by atoms with E-state index in [1.165, 1.54) is 36.3 Å². The molecule has 1 aromatic carbocycles. The number of rotatable bonds is 5. The molecule has 0 aromatic heterocycles. The zero-order valence-corrected chi connectivity index (χ0v) is 13.6. The summed E-state index contributed by atoms with van der Waals surface area (Å²) in [4.78, 5) is 0. The highest BCUT2D eigenvalue weighted by Gasteiger charge is 2.18. The van der Waals surface area contributed by atoms with Crippen molar-refractivity contribution in [3.8, 4) is 0 Å². The van der Waals surface area contributed by atoms with E-state index in [4.69, 9.17) is 23.2 Å². The summed E-state index contributed by atoms with van der Waals surface area (Å²) in [5.41, 5.74) is 1.26. The van der Waals surface area contributed by atoms with E-state index in [-0.39, 0.29) is 0 Å². The Morgan fingerprint density at radius 2 is 2.00 bits per heavy atom. The molecule has 0 saturated carbocycles. The van der Waals surface area contributed by atoms with Gasteiger partial charge in [0.15, 0.2) is 0 Å². The molecule has 0 bridgehead atoms. The first-order valence-corrected chi connectivity index (χ1v) is 8.79. The summed E-state index contributed by atoms with van der Waals surface area (Å²) >= 11 is 14.1. The molecule has 0 amide bonds. The first kappa shape index (κ1) is 15.5. The predicted molar refractivity (Wildman–Crippen MR) is 87.7 cm³/mol. The van der Waals surface area contributed by atoms with E-state index >= 15 is 0 Å². The van der Waals surface area contributed by atoms with Gasteiger partial charge in [0.05, 0.1) is 10.0 Å². The van der Waals surface area contributed by atoms with Gasteiger partial charge in [-0.25, -0.2) is 0 Å². The molecule has 1 aliphatic rings. The molecule has 1 nitrogen and oxygen atoms in total. The van der Waals surface area contributed by atoms with Gasteiger partial charge in [-0.1, -0.05) is 29.3 Å². The average molecular weight is 318 g/mol. The van der Waals surface area contributed by atoms with E-state index in [0.29, 0.717) is 16.1 Å². The number of likely N-dealkylation sites (N-methyl/N-ethyl adjacent to an activating group) is 1. The van der Waals surface area contributed by atoms with Crippen LogP contribution in [0.15, 0.2) is 18.2 Å². The van der Waals surface area contributed by atoms with Crippen LogP contribution in [0.2, 0.25) is 10.0 Å². The van der Waals surface area contributed by atoms with Crippen LogP contribution < -0.4 is 5.32 Å². The predicted octanol–water partition coefficient (Wildman–Crippen LogP) is 4.66. The van der Waals surface area contributed by atoms with Gasteiger partial charge in [-0.15, -0.1) is 0 Å². The SMILES string of the molecule is CNC(Cc1ccc(Cl)c(Cl)c1)CC1CCSCC1. The van der Waals surface area contributed by atoms with Crippen LogP contribution >= 0.6 is 35.0 Å². The molecule has 0 spiro atoms. The van der Waals surface area contributed by atoms with Crippen LogP contribution in [0.25, 0.3) is 0 Å². The fourth-order valence-electron chi connectivity index (χ4n) is 2.64. The molecule has 1 atom stereocenters. The van der Waals surface area contributed by atoms with Gasteiger partial charge >= 0.3 is 0 Å². The first-order chi connectivity index (χ1) is 9.19. The Balaban J connectivity index is 1.92. The second-order valence-electron chi connectivity index (χ2n) is 5.23. The molecule has 1 heterocycles. The van der Waals surface area contributed by atoms with Crippen LogP contribution in [-0.4, -0.2) is 24.6 Å². The number of halogens is 2. The standard InChI is InChI=1S/C15H21Cl2NS/c1-18-13(8-11-4-6-19-7-5-11)9-12-2-3-14(16)15(17)10-12/h2-3,10-11,13,18H,4-9H2,1H3. The van der Waals surface area contributed by atoms with E-state index in [0.717, 1.165) is 12.3 Å². The topological polar surface area (TPSA) is 12.0 Å². The van der Waals surface area contributed by atoms with Crippen molar-refractivity contribution in [3.05, 3.63) is 33.8 Å². The summed E-state index contributed by atoms with van der Waals surface area (Å²) in [6.07, 6.45) is 5.02. The molecule has 1 aliphatic heterocycles. The van der Waals surface area contributed by atoms with Gasteiger partial charge in [-0.05, 0) is 67.9 Å². The normalized spacial score (nSPS) is 18.5. The number of hydrogen-bond donors (Lipinski definition) is 1. The maximum absolute atomic E-state index is 6.08. The number of benzene rings is 1. The summed E-state index contributed by atoms with van der Waals surface area (Å²) in [6, 6.07) is 6.49. The lowest BCUT2D eigenvalue weighted by Crippen LogP contribution is -2.31. The molecular formula is C15H21Cl2NS. The minimum absolute atomic E-state index is 0.533. The van der Waals surface area contributed by atoms with Gasteiger partial charge in [-0.3, -0.25) is 0 Å². The van der Waals surface area contributed by atoms with Crippen LogP contribution in [0.4, 0.5) is 0 Å². The fourth-order valence-corrected chi connectivity index (χ4v) is 4.16. The second kappa shape index (κ2) is 7.78. The van der Waals surface area contributed by atoms with Crippen molar-refractivity contribution in [2.45, 2.75) is 31.7 Å². The lowest BCUT2D eigenvalue weighted by Gasteiger charge is -2.26. The molecule has 2 rings (SSSR count). The number of hydrogen-bond acceptors (Lipinski definition) is 2. The third-order valence-corrected chi connectivity index (χ3v) is 5.62. The molecular weight excluding hydrogens is 297 g/mol. The van der Waals surface area contributed by atoms with Crippen molar-refractivity contribution >= 4 is 35.0 Å². The Bertz CT molecular complexity index is 405. The van der Waals surface area contributed by atoms with Crippen LogP contribution in [0, 0.1) is 5.92 Å². The summed E-state index contributed by atoms with van der Waals surface area (Å²) in [5.74, 6) is 3.53. The largest absolute Gasteiger partial charge is 0.317 e. The van der Waals surface area contributed by atoms with Crippen molar-refractivity contribution in [1.82, 2.24) is 5.32 Å². The molecule has 1 N–H and O–H groups in total. The van der Waals surface area contributed by atoms with Gasteiger partial charge in [-0.2, -0.15) is 11.8 Å². The smallest absolute Gasteiger partial charge is 0.0595 e. The molecule has 0 aliphatic carbocycles. The summed E-state index contributed by atoms with van der Waals surface area (Å²) < 4.78 is 0. The third kappa shape index (κ3) is 4.86. The Labute approximate surface area is 130 Å². The van der Waals surface area contributed by atoms with Crippen molar-refractivity contribution in [2.24, 2.45) is 5.92 Å². The van der Waals surface area contributed by atoms with Crippen LogP contribution in [-0.2, 0) is 6.42 Å². The van der Waals surface area contributed by atoms with Crippen molar-refractivity contribution in [2.75, 3.05) is 18.6 Å². The molecule has 1 saturated heterocycles. The lowest BCUT2D eigenvalue weighted by atomic mass is 9.91. The number of nitrogens with one attached hydrogen (secondary N) is 1. The van der Waals surface area contributed by atoms with Crippen LogP contribution in [0.3, 0.4) is 0 Å². The number of thioether (sulfide) groups is 1. The quantitative estimate of drug-likeness (QED) is 0.847. The zero-order chi connectivity index (χ0) is 13.7. The monoisotopic (exact) mass is 317 g/mol. The van der Waals surface area contributed by atoms with Crippen LogP contribution in [0.1, 0.15) is 24.8 Å². The van der Waals surface area contributed by atoms with Crippen molar-refractivity contribution in [3.63, 3.8) is 0 Å². The third-order valence-electron chi connectivity index (χ3n) is 3.83. The van der Waals surface area contributed by atoms with Crippen LogP contribution in [0.5, 0.6) is 0 Å². The van der Waals surface area contributed by atoms with Gasteiger partial charge in [0.2, 0.25) is 0 Å². The Kier molecular flexibility index (Phi) is 6.34. The van der Waals surface area contributed by atoms with E-state index in [2.05, 4.69) is 30.2 Å². The van der Waals surface area contributed by atoms with E-state index in [1.807, 2.05) is 12.1 Å². The lowest BCUT2D eigenvalue weighted by molar-refractivity contribution is 0.376. The minimum atomic E-state index is 0.533. The van der Waals surface area contributed by atoms with Gasteiger partial charge in [0.25, 0.3) is 0 Å².